The molecule has 2 N–H and O–H groups in total. The maximum atomic E-state index is 12.4. The minimum absolute atomic E-state index is 0.0288. The van der Waals surface area contributed by atoms with Crippen LogP contribution in [0.15, 0.2) is 36.4 Å². The maximum Gasteiger partial charge on any atom is 0.387 e. The van der Waals surface area contributed by atoms with Crippen LogP contribution in [0, 0.1) is 13.8 Å². The Morgan fingerprint density at radius 1 is 1.03 bits per heavy atom. The van der Waals surface area contributed by atoms with Gasteiger partial charge in [0.15, 0.2) is 18.1 Å². The van der Waals surface area contributed by atoms with Crippen LogP contribution in [0.4, 0.5) is 14.5 Å². The van der Waals surface area contributed by atoms with E-state index in [1.54, 1.807) is 12.1 Å². The van der Waals surface area contributed by atoms with E-state index in [-0.39, 0.29) is 23.6 Å². The number of esters is 1. The number of nitrogens with one attached hydrogen (secondary N) is 2. The number of benzene rings is 2. The van der Waals surface area contributed by atoms with Gasteiger partial charge in [-0.25, -0.2) is 4.79 Å². The summed E-state index contributed by atoms with van der Waals surface area (Å²) >= 11 is 0. The molecule has 0 spiro atoms. The van der Waals surface area contributed by atoms with E-state index in [1.165, 1.54) is 13.2 Å². The SMILES string of the molecule is COc1cc(C(=O)OCC(=O)NCC(=O)Nc2cccc(C)c2C)ccc1OC(F)F. The van der Waals surface area contributed by atoms with Gasteiger partial charge in [-0.1, -0.05) is 12.1 Å². The second kappa shape index (κ2) is 10.9. The Balaban J connectivity index is 1.83. The van der Waals surface area contributed by atoms with Crippen molar-refractivity contribution in [3.8, 4) is 11.5 Å². The lowest BCUT2D eigenvalue weighted by atomic mass is 10.1. The maximum absolute atomic E-state index is 12.4. The van der Waals surface area contributed by atoms with Gasteiger partial charge < -0.3 is 24.8 Å². The van der Waals surface area contributed by atoms with Gasteiger partial charge in [0.25, 0.3) is 5.91 Å². The quantitative estimate of drug-likeness (QED) is 0.586. The van der Waals surface area contributed by atoms with Crippen LogP contribution in [0.1, 0.15) is 21.5 Å². The third-order valence-corrected chi connectivity index (χ3v) is 4.27. The van der Waals surface area contributed by atoms with Crippen molar-refractivity contribution < 1.29 is 37.4 Å². The highest BCUT2D eigenvalue weighted by molar-refractivity contribution is 5.96. The molecular weight excluding hydrogens is 414 g/mol. The first kappa shape index (κ1) is 23.6. The Labute approximate surface area is 177 Å². The summed E-state index contributed by atoms with van der Waals surface area (Å²) < 4.78 is 38.7. The molecule has 0 bridgehead atoms. The minimum Gasteiger partial charge on any atom is -0.493 e. The average molecular weight is 436 g/mol. The summed E-state index contributed by atoms with van der Waals surface area (Å²) in [4.78, 5) is 35.9. The second-order valence-electron chi connectivity index (χ2n) is 6.39. The predicted octanol–water partition coefficient (Wildman–Crippen LogP) is 2.83. The van der Waals surface area contributed by atoms with Crippen molar-refractivity contribution in [2.75, 3.05) is 25.6 Å². The average Bonchev–Trinajstić information content (AvgIpc) is 2.73. The fourth-order valence-corrected chi connectivity index (χ4v) is 2.51. The zero-order chi connectivity index (χ0) is 23.0. The summed E-state index contributed by atoms with van der Waals surface area (Å²) in [6, 6.07) is 8.93. The van der Waals surface area contributed by atoms with Gasteiger partial charge in [-0.05, 0) is 49.2 Å². The number of rotatable bonds is 9. The number of hydrogen-bond donors (Lipinski definition) is 2. The van der Waals surface area contributed by atoms with E-state index in [0.29, 0.717) is 5.69 Å². The molecule has 2 aromatic carbocycles. The molecule has 31 heavy (non-hydrogen) atoms. The number of ether oxygens (including phenoxy) is 3. The van der Waals surface area contributed by atoms with Crippen molar-refractivity contribution in [2.45, 2.75) is 20.5 Å². The smallest absolute Gasteiger partial charge is 0.387 e. The van der Waals surface area contributed by atoms with E-state index in [4.69, 9.17) is 9.47 Å². The monoisotopic (exact) mass is 436 g/mol. The van der Waals surface area contributed by atoms with E-state index in [2.05, 4.69) is 15.4 Å². The molecule has 0 saturated carbocycles. The van der Waals surface area contributed by atoms with Gasteiger partial charge in [0, 0.05) is 5.69 Å². The van der Waals surface area contributed by atoms with Gasteiger partial charge in [-0.2, -0.15) is 8.78 Å². The highest BCUT2D eigenvalue weighted by Gasteiger charge is 2.16. The Kier molecular flexibility index (Phi) is 8.30. The first-order valence-electron chi connectivity index (χ1n) is 9.14. The van der Waals surface area contributed by atoms with Crippen molar-refractivity contribution in [2.24, 2.45) is 0 Å². The highest BCUT2D eigenvalue weighted by Crippen LogP contribution is 2.29. The van der Waals surface area contributed by atoms with Gasteiger partial charge in [0.05, 0.1) is 19.2 Å². The summed E-state index contributed by atoms with van der Waals surface area (Å²) in [5.41, 5.74) is 2.54. The number of anilines is 1. The highest BCUT2D eigenvalue weighted by atomic mass is 19.3. The second-order valence-corrected chi connectivity index (χ2v) is 6.39. The fraction of sp³-hybridized carbons (Fsp3) is 0.286. The summed E-state index contributed by atoms with van der Waals surface area (Å²) in [7, 11) is 1.22. The first-order chi connectivity index (χ1) is 14.7. The van der Waals surface area contributed by atoms with Crippen LogP contribution in [-0.4, -0.2) is 44.7 Å². The number of hydrogen-bond acceptors (Lipinski definition) is 6. The molecule has 2 amide bonds. The van der Waals surface area contributed by atoms with E-state index >= 15 is 0 Å². The number of amides is 2. The van der Waals surface area contributed by atoms with Crippen LogP contribution in [0.25, 0.3) is 0 Å². The Hall–Kier alpha value is -3.69. The molecule has 166 valence electrons. The number of carbonyl (C=O) groups excluding carboxylic acids is 3. The number of methoxy groups -OCH3 is 1. The molecule has 0 radical (unpaired) electrons. The van der Waals surface area contributed by atoms with Gasteiger partial charge in [-0.15, -0.1) is 0 Å². The lowest BCUT2D eigenvalue weighted by Gasteiger charge is -2.12. The molecule has 0 aliphatic heterocycles. The fourth-order valence-electron chi connectivity index (χ4n) is 2.51. The molecule has 0 aliphatic carbocycles. The van der Waals surface area contributed by atoms with E-state index < -0.39 is 31.0 Å². The number of aryl methyl sites for hydroxylation is 1. The Bertz CT molecular complexity index is 965. The van der Waals surface area contributed by atoms with Gasteiger partial charge in [0.2, 0.25) is 5.91 Å². The molecule has 2 rings (SSSR count). The molecule has 8 nitrogen and oxygen atoms in total. The number of carbonyl (C=O) groups is 3. The van der Waals surface area contributed by atoms with E-state index in [1.807, 2.05) is 19.9 Å². The van der Waals surface area contributed by atoms with E-state index in [9.17, 15) is 23.2 Å². The molecular formula is C21H22F2N2O6. The molecule has 0 aromatic heterocycles. The predicted molar refractivity (Wildman–Crippen MR) is 107 cm³/mol. The minimum atomic E-state index is -3.05. The Morgan fingerprint density at radius 3 is 2.45 bits per heavy atom. The summed E-state index contributed by atoms with van der Waals surface area (Å²) in [5, 5.41) is 5.03. The van der Waals surface area contributed by atoms with Crippen molar-refractivity contribution in [3.05, 3.63) is 53.1 Å². The lowest BCUT2D eigenvalue weighted by Crippen LogP contribution is -2.35. The third kappa shape index (κ3) is 6.95. The molecule has 10 heteroatoms. The molecule has 0 heterocycles. The summed E-state index contributed by atoms with van der Waals surface area (Å²) in [5.74, 6) is -2.34. The topological polar surface area (TPSA) is 103 Å². The zero-order valence-electron chi connectivity index (χ0n) is 17.2. The van der Waals surface area contributed by atoms with Crippen LogP contribution >= 0.6 is 0 Å². The van der Waals surface area contributed by atoms with Crippen LogP contribution in [-0.2, 0) is 14.3 Å². The molecule has 0 aliphatic rings. The summed E-state index contributed by atoms with van der Waals surface area (Å²) in [6.45, 7) is -0.215. The molecule has 0 saturated heterocycles. The van der Waals surface area contributed by atoms with Crippen molar-refractivity contribution >= 4 is 23.5 Å². The van der Waals surface area contributed by atoms with Crippen molar-refractivity contribution in [1.82, 2.24) is 5.32 Å². The zero-order valence-corrected chi connectivity index (χ0v) is 17.2. The van der Waals surface area contributed by atoms with Gasteiger partial charge in [-0.3, -0.25) is 9.59 Å². The summed E-state index contributed by atoms with van der Waals surface area (Å²) in [6.07, 6.45) is 0. The van der Waals surface area contributed by atoms with Crippen molar-refractivity contribution in [1.29, 1.82) is 0 Å². The third-order valence-electron chi connectivity index (χ3n) is 4.27. The molecule has 0 fully saturated rings. The number of alkyl halides is 2. The van der Waals surface area contributed by atoms with Crippen molar-refractivity contribution in [3.63, 3.8) is 0 Å². The standard InChI is InChI=1S/C21H22F2N2O6/c1-12-5-4-6-15(13(12)2)25-18(26)10-24-19(27)11-30-20(28)14-7-8-16(31-21(22)23)17(9-14)29-3/h4-9,21H,10-11H2,1-3H3,(H,24,27)(H,25,26). The largest absolute Gasteiger partial charge is 0.493 e. The first-order valence-corrected chi connectivity index (χ1v) is 9.14. The van der Waals surface area contributed by atoms with Gasteiger partial charge in [0.1, 0.15) is 0 Å². The van der Waals surface area contributed by atoms with Crippen LogP contribution in [0.2, 0.25) is 0 Å². The molecule has 0 atom stereocenters. The Morgan fingerprint density at radius 2 is 1.77 bits per heavy atom. The van der Waals surface area contributed by atoms with Crippen LogP contribution in [0.3, 0.4) is 0 Å². The number of halogens is 2. The normalized spacial score (nSPS) is 10.4. The van der Waals surface area contributed by atoms with Crippen LogP contribution < -0.4 is 20.1 Å². The lowest BCUT2D eigenvalue weighted by molar-refractivity contribution is -0.126. The van der Waals surface area contributed by atoms with Gasteiger partial charge >= 0.3 is 12.6 Å². The van der Waals surface area contributed by atoms with E-state index in [0.717, 1.165) is 23.3 Å². The molecule has 2 aromatic rings. The van der Waals surface area contributed by atoms with Crippen LogP contribution in [0.5, 0.6) is 11.5 Å². The molecule has 0 unspecified atom stereocenters.